The fourth-order valence-electron chi connectivity index (χ4n) is 2.81. The fraction of sp³-hybridized carbons (Fsp3) is 0.667. The van der Waals surface area contributed by atoms with E-state index < -0.39 is 0 Å². The summed E-state index contributed by atoms with van der Waals surface area (Å²) in [5, 5.41) is 3.21. The highest BCUT2D eigenvalue weighted by Gasteiger charge is 2.25. The highest BCUT2D eigenvalue weighted by atomic mass is 16.5. The van der Waals surface area contributed by atoms with Gasteiger partial charge < -0.3 is 15.0 Å². The molecule has 2 atom stereocenters. The number of imidazole rings is 1. The van der Waals surface area contributed by atoms with Crippen molar-refractivity contribution < 1.29 is 4.74 Å². The first-order valence-electron chi connectivity index (χ1n) is 7.89. The molecule has 6 heteroatoms. The predicted molar refractivity (Wildman–Crippen MR) is 82.5 cm³/mol. The van der Waals surface area contributed by atoms with Crippen LogP contribution in [-0.4, -0.2) is 32.6 Å². The number of ether oxygens (including phenoxy) is 1. The number of hydrogen-bond donors (Lipinski definition) is 2. The van der Waals surface area contributed by atoms with E-state index in [2.05, 4.69) is 39.1 Å². The highest BCUT2D eigenvalue weighted by Crippen LogP contribution is 2.30. The van der Waals surface area contributed by atoms with Gasteiger partial charge >= 0.3 is 0 Å². The summed E-state index contributed by atoms with van der Waals surface area (Å²) in [6.07, 6.45) is 7.75. The standard InChI is InChI=1S/C15H23N5O/c1-3-8-16-15-19-13-12(17-9-18-13)14(20-15)21-11-7-5-4-6-10(11)2/h9-11H,3-8H2,1-2H3,(H2,16,17,18,19,20). The van der Waals surface area contributed by atoms with E-state index in [-0.39, 0.29) is 6.10 Å². The Labute approximate surface area is 124 Å². The van der Waals surface area contributed by atoms with Crippen LogP contribution in [-0.2, 0) is 0 Å². The molecule has 1 saturated carbocycles. The second kappa shape index (κ2) is 6.28. The summed E-state index contributed by atoms with van der Waals surface area (Å²) in [4.78, 5) is 16.2. The van der Waals surface area contributed by atoms with Gasteiger partial charge in [-0.05, 0) is 31.6 Å². The molecule has 114 valence electrons. The quantitative estimate of drug-likeness (QED) is 0.884. The number of rotatable bonds is 5. The van der Waals surface area contributed by atoms with Gasteiger partial charge in [0.15, 0.2) is 5.65 Å². The van der Waals surface area contributed by atoms with Crippen LogP contribution in [0, 0.1) is 5.92 Å². The van der Waals surface area contributed by atoms with E-state index in [9.17, 15) is 0 Å². The fourth-order valence-corrected chi connectivity index (χ4v) is 2.81. The van der Waals surface area contributed by atoms with Crippen LogP contribution in [0.3, 0.4) is 0 Å². The zero-order valence-electron chi connectivity index (χ0n) is 12.7. The molecule has 0 radical (unpaired) electrons. The molecule has 1 fully saturated rings. The lowest BCUT2D eigenvalue weighted by molar-refractivity contribution is 0.0992. The van der Waals surface area contributed by atoms with Crippen molar-refractivity contribution in [3.63, 3.8) is 0 Å². The molecule has 0 saturated heterocycles. The third kappa shape index (κ3) is 3.09. The second-order valence-corrected chi connectivity index (χ2v) is 5.80. The molecule has 2 aromatic rings. The maximum absolute atomic E-state index is 6.20. The van der Waals surface area contributed by atoms with Crippen molar-refractivity contribution in [3.05, 3.63) is 6.33 Å². The van der Waals surface area contributed by atoms with Crippen molar-refractivity contribution in [2.24, 2.45) is 5.92 Å². The minimum Gasteiger partial charge on any atom is -0.472 e. The molecule has 6 nitrogen and oxygen atoms in total. The topological polar surface area (TPSA) is 75.7 Å². The van der Waals surface area contributed by atoms with Crippen LogP contribution in [0.2, 0.25) is 0 Å². The van der Waals surface area contributed by atoms with E-state index in [1.165, 1.54) is 19.3 Å². The molecule has 2 unspecified atom stereocenters. The number of H-pyrrole nitrogens is 1. The van der Waals surface area contributed by atoms with Crippen LogP contribution in [0.1, 0.15) is 46.0 Å². The molecule has 0 spiro atoms. The maximum atomic E-state index is 6.20. The molecule has 1 aliphatic rings. The van der Waals surface area contributed by atoms with Crippen LogP contribution in [0.5, 0.6) is 5.88 Å². The largest absolute Gasteiger partial charge is 0.472 e. The lowest BCUT2D eigenvalue weighted by Crippen LogP contribution is -2.28. The van der Waals surface area contributed by atoms with E-state index in [0.29, 0.717) is 23.4 Å². The van der Waals surface area contributed by atoms with Gasteiger partial charge in [0.1, 0.15) is 11.6 Å². The molecular formula is C15H23N5O. The second-order valence-electron chi connectivity index (χ2n) is 5.80. The summed E-state index contributed by atoms with van der Waals surface area (Å²) in [5.41, 5.74) is 1.44. The molecule has 21 heavy (non-hydrogen) atoms. The molecule has 2 heterocycles. The van der Waals surface area contributed by atoms with E-state index in [1.807, 2.05) is 0 Å². The molecule has 2 aromatic heterocycles. The number of nitrogens with one attached hydrogen (secondary N) is 2. The van der Waals surface area contributed by atoms with Crippen LogP contribution in [0.15, 0.2) is 6.33 Å². The summed E-state index contributed by atoms with van der Waals surface area (Å²) in [6, 6.07) is 0. The number of fused-ring (bicyclic) bond motifs is 1. The Morgan fingerprint density at radius 2 is 2.19 bits per heavy atom. The Hall–Kier alpha value is -1.85. The molecule has 3 rings (SSSR count). The number of hydrogen-bond acceptors (Lipinski definition) is 5. The monoisotopic (exact) mass is 289 g/mol. The number of anilines is 1. The van der Waals surface area contributed by atoms with Gasteiger partial charge in [-0.15, -0.1) is 0 Å². The Morgan fingerprint density at radius 3 is 3.00 bits per heavy atom. The Balaban J connectivity index is 1.86. The average Bonchev–Trinajstić information content (AvgIpc) is 2.96. The Bertz CT molecular complexity index is 597. The van der Waals surface area contributed by atoms with Gasteiger partial charge in [0, 0.05) is 6.54 Å². The Morgan fingerprint density at radius 1 is 1.33 bits per heavy atom. The summed E-state index contributed by atoms with van der Waals surface area (Å²) in [5.74, 6) is 1.78. The van der Waals surface area contributed by atoms with Crippen molar-refractivity contribution in [2.45, 2.75) is 52.1 Å². The molecule has 1 aliphatic carbocycles. The molecule has 2 N–H and O–H groups in total. The lowest BCUT2D eigenvalue weighted by atomic mass is 9.88. The number of aromatic nitrogens is 4. The van der Waals surface area contributed by atoms with Gasteiger partial charge in [-0.1, -0.05) is 20.3 Å². The molecule has 0 amide bonds. The molecule has 0 aliphatic heterocycles. The van der Waals surface area contributed by atoms with Gasteiger partial charge in [0.2, 0.25) is 11.8 Å². The van der Waals surface area contributed by atoms with Crippen molar-refractivity contribution in [2.75, 3.05) is 11.9 Å². The van der Waals surface area contributed by atoms with Gasteiger partial charge in [0.05, 0.1) is 6.33 Å². The van der Waals surface area contributed by atoms with Crippen LogP contribution in [0.4, 0.5) is 5.95 Å². The highest BCUT2D eigenvalue weighted by molar-refractivity contribution is 5.76. The van der Waals surface area contributed by atoms with E-state index >= 15 is 0 Å². The van der Waals surface area contributed by atoms with Gasteiger partial charge in [-0.3, -0.25) is 0 Å². The van der Waals surface area contributed by atoms with Crippen molar-refractivity contribution in [1.82, 2.24) is 19.9 Å². The first-order valence-corrected chi connectivity index (χ1v) is 7.89. The zero-order chi connectivity index (χ0) is 14.7. The van der Waals surface area contributed by atoms with Crippen molar-refractivity contribution >= 4 is 17.1 Å². The SMILES string of the molecule is CCCNc1nc(OC2CCCCC2C)c2[nH]cnc2n1. The van der Waals surface area contributed by atoms with E-state index in [0.717, 1.165) is 24.9 Å². The maximum Gasteiger partial charge on any atom is 0.245 e. The first-order chi connectivity index (χ1) is 10.3. The summed E-state index contributed by atoms with van der Waals surface area (Å²) in [6.45, 7) is 5.21. The van der Waals surface area contributed by atoms with Gasteiger partial charge in [-0.25, -0.2) is 4.98 Å². The van der Waals surface area contributed by atoms with Gasteiger partial charge in [-0.2, -0.15) is 9.97 Å². The third-order valence-electron chi connectivity index (χ3n) is 4.08. The van der Waals surface area contributed by atoms with Crippen molar-refractivity contribution in [1.29, 1.82) is 0 Å². The summed E-state index contributed by atoms with van der Waals surface area (Å²) < 4.78 is 6.20. The smallest absolute Gasteiger partial charge is 0.245 e. The average molecular weight is 289 g/mol. The lowest BCUT2D eigenvalue weighted by Gasteiger charge is -2.28. The first kappa shape index (κ1) is 14.1. The summed E-state index contributed by atoms with van der Waals surface area (Å²) in [7, 11) is 0. The molecule has 0 aromatic carbocycles. The Kier molecular flexibility index (Phi) is 4.22. The normalized spacial score (nSPS) is 22.4. The summed E-state index contributed by atoms with van der Waals surface area (Å²) >= 11 is 0. The molecule has 0 bridgehead atoms. The van der Waals surface area contributed by atoms with E-state index in [1.54, 1.807) is 6.33 Å². The van der Waals surface area contributed by atoms with Crippen LogP contribution < -0.4 is 10.1 Å². The molecular weight excluding hydrogens is 266 g/mol. The van der Waals surface area contributed by atoms with E-state index in [4.69, 9.17) is 4.74 Å². The minimum absolute atomic E-state index is 0.235. The number of aromatic amines is 1. The van der Waals surface area contributed by atoms with Gasteiger partial charge in [0.25, 0.3) is 0 Å². The van der Waals surface area contributed by atoms with Crippen molar-refractivity contribution in [3.8, 4) is 5.88 Å². The third-order valence-corrected chi connectivity index (χ3v) is 4.08. The van der Waals surface area contributed by atoms with Crippen LogP contribution >= 0.6 is 0 Å². The minimum atomic E-state index is 0.235. The zero-order valence-corrected chi connectivity index (χ0v) is 12.7. The predicted octanol–water partition coefficient (Wildman–Crippen LogP) is 3.13. The van der Waals surface area contributed by atoms with Crippen LogP contribution in [0.25, 0.3) is 11.2 Å². The number of nitrogens with zero attached hydrogens (tertiary/aromatic N) is 3.